The van der Waals surface area contributed by atoms with Gasteiger partial charge < -0.3 is 11.1 Å². The van der Waals surface area contributed by atoms with Gasteiger partial charge in [0.2, 0.25) is 0 Å². The fourth-order valence-corrected chi connectivity index (χ4v) is 3.48. The Morgan fingerprint density at radius 1 is 1.08 bits per heavy atom. The number of nitrogen functional groups attached to an aromatic ring is 1. The molecule has 0 atom stereocenters. The first-order valence-electron chi connectivity index (χ1n) is 7.13. The van der Waals surface area contributed by atoms with Crippen molar-refractivity contribution in [3.8, 4) is 0 Å². The number of hydrogen-bond acceptors (Lipinski definition) is 6. The molecule has 0 aliphatic heterocycles. The summed E-state index contributed by atoms with van der Waals surface area (Å²) in [5.74, 6) is -0.980. The molecule has 125 valence electrons. The van der Waals surface area contributed by atoms with Crippen LogP contribution < -0.4 is 11.1 Å². The molecule has 0 spiro atoms. The molecule has 1 aliphatic rings. The van der Waals surface area contributed by atoms with Crippen molar-refractivity contribution in [3.05, 3.63) is 52.6 Å². The summed E-state index contributed by atoms with van der Waals surface area (Å²) in [7, 11) is -4.65. The minimum Gasteiger partial charge on any atom is -0.397 e. The molecule has 1 aliphatic carbocycles. The van der Waals surface area contributed by atoms with Gasteiger partial charge in [-0.25, -0.2) is 0 Å². The van der Waals surface area contributed by atoms with E-state index in [1.165, 1.54) is 12.1 Å². The number of nitrogens with two attached hydrogens (primary N) is 1. The van der Waals surface area contributed by atoms with Crippen LogP contribution in [0, 0.1) is 0 Å². The maximum Gasteiger partial charge on any atom is 0.296 e. The molecular weight excluding hydrogens is 355 g/mol. The van der Waals surface area contributed by atoms with Crippen LogP contribution >= 0.6 is 0 Å². The number of carbonyl (C=O) groups excluding carboxylic acids is 2. The van der Waals surface area contributed by atoms with Gasteiger partial charge in [-0.1, -0.05) is 24.3 Å². The SMILES string of the molecule is CCNc1cc(S(=O)(=O)O)c(N)c2c1C(=O)c1ccccc1C2=O.[Na]. The third-order valence-electron chi connectivity index (χ3n) is 3.85. The predicted molar refractivity (Wildman–Crippen MR) is 93.9 cm³/mol. The summed E-state index contributed by atoms with van der Waals surface area (Å²) in [4.78, 5) is 25.0. The average Bonchev–Trinajstić information content (AvgIpc) is 2.53. The Bertz CT molecular complexity index is 1000. The molecule has 0 amide bonds. The molecule has 0 aromatic heterocycles. The molecule has 0 bridgehead atoms. The predicted octanol–water partition coefficient (Wildman–Crippen LogP) is 1.34. The van der Waals surface area contributed by atoms with Crippen molar-refractivity contribution in [1.82, 2.24) is 0 Å². The number of anilines is 2. The van der Waals surface area contributed by atoms with Crippen LogP contribution in [0.25, 0.3) is 0 Å². The Kier molecular flexibility index (Phi) is 5.41. The van der Waals surface area contributed by atoms with Gasteiger partial charge in [0.05, 0.1) is 16.8 Å². The van der Waals surface area contributed by atoms with Crippen molar-refractivity contribution in [1.29, 1.82) is 0 Å². The second-order valence-electron chi connectivity index (χ2n) is 5.30. The number of ketones is 2. The number of carbonyl (C=O) groups is 2. The Hall–Kier alpha value is -1.71. The molecule has 9 heteroatoms. The van der Waals surface area contributed by atoms with E-state index in [-0.39, 0.29) is 57.5 Å². The molecule has 0 heterocycles. The van der Waals surface area contributed by atoms with E-state index in [1.54, 1.807) is 19.1 Å². The fourth-order valence-electron chi connectivity index (χ4n) is 2.84. The van der Waals surface area contributed by atoms with E-state index in [2.05, 4.69) is 5.32 Å². The number of rotatable bonds is 3. The van der Waals surface area contributed by atoms with Gasteiger partial charge in [0, 0.05) is 52.9 Å². The van der Waals surface area contributed by atoms with E-state index in [0.717, 1.165) is 6.07 Å². The van der Waals surface area contributed by atoms with E-state index in [1.807, 2.05) is 0 Å². The second-order valence-corrected chi connectivity index (χ2v) is 6.69. The smallest absolute Gasteiger partial charge is 0.296 e. The zero-order valence-corrected chi connectivity index (χ0v) is 16.5. The van der Waals surface area contributed by atoms with Crippen molar-refractivity contribution < 1.29 is 22.6 Å². The van der Waals surface area contributed by atoms with Gasteiger partial charge in [0.1, 0.15) is 4.90 Å². The molecule has 4 N–H and O–H groups in total. The maximum atomic E-state index is 12.8. The fraction of sp³-hybridized carbons (Fsp3) is 0.125. The zero-order chi connectivity index (χ0) is 17.6. The minimum absolute atomic E-state index is 0. The average molecular weight is 369 g/mol. The van der Waals surface area contributed by atoms with Crippen LogP contribution in [-0.4, -0.2) is 60.6 Å². The Morgan fingerprint density at radius 2 is 1.60 bits per heavy atom. The molecule has 1 radical (unpaired) electrons. The van der Waals surface area contributed by atoms with E-state index in [4.69, 9.17) is 5.73 Å². The Morgan fingerprint density at radius 3 is 2.08 bits per heavy atom. The van der Waals surface area contributed by atoms with Crippen molar-refractivity contribution in [2.75, 3.05) is 17.6 Å². The Labute approximate surface area is 166 Å². The Balaban J connectivity index is 0.00000225. The van der Waals surface area contributed by atoms with Gasteiger partial charge in [-0.2, -0.15) is 8.42 Å². The van der Waals surface area contributed by atoms with Gasteiger partial charge in [-0.15, -0.1) is 0 Å². The third-order valence-corrected chi connectivity index (χ3v) is 4.74. The normalized spacial score (nSPS) is 12.9. The monoisotopic (exact) mass is 369 g/mol. The molecule has 2 aromatic carbocycles. The van der Waals surface area contributed by atoms with E-state index in [0.29, 0.717) is 6.54 Å². The van der Waals surface area contributed by atoms with Gasteiger partial charge in [-0.3, -0.25) is 14.1 Å². The minimum atomic E-state index is -4.65. The van der Waals surface area contributed by atoms with Crippen LogP contribution in [0.3, 0.4) is 0 Å². The van der Waals surface area contributed by atoms with Gasteiger partial charge in [0.15, 0.2) is 11.6 Å². The molecule has 0 saturated carbocycles. The van der Waals surface area contributed by atoms with Crippen molar-refractivity contribution >= 4 is 62.6 Å². The first kappa shape index (κ1) is 19.6. The number of hydrogen-bond donors (Lipinski definition) is 3. The number of benzene rings is 2. The third kappa shape index (κ3) is 3.11. The zero-order valence-electron chi connectivity index (χ0n) is 13.7. The van der Waals surface area contributed by atoms with E-state index in [9.17, 15) is 22.6 Å². The summed E-state index contributed by atoms with van der Waals surface area (Å²) in [6, 6.07) is 7.32. The molecular formula is C16H14N2NaO5S. The summed E-state index contributed by atoms with van der Waals surface area (Å²) in [5.41, 5.74) is 5.73. The first-order chi connectivity index (χ1) is 11.3. The van der Waals surface area contributed by atoms with Crippen molar-refractivity contribution in [3.63, 3.8) is 0 Å². The molecule has 7 nitrogen and oxygen atoms in total. The van der Waals surface area contributed by atoms with Gasteiger partial charge in [0.25, 0.3) is 10.1 Å². The maximum absolute atomic E-state index is 12.8. The molecule has 0 saturated heterocycles. The van der Waals surface area contributed by atoms with Crippen LogP contribution in [0.2, 0.25) is 0 Å². The molecule has 3 rings (SSSR count). The van der Waals surface area contributed by atoms with E-state index >= 15 is 0 Å². The largest absolute Gasteiger partial charge is 0.397 e. The van der Waals surface area contributed by atoms with Crippen molar-refractivity contribution in [2.24, 2.45) is 0 Å². The summed E-state index contributed by atoms with van der Waals surface area (Å²) >= 11 is 0. The van der Waals surface area contributed by atoms with Crippen LogP contribution in [0.15, 0.2) is 35.2 Å². The summed E-state index contributed by atoms with van der Waals surface area (Å²) in [6.07, 6.45) is 0. The topological polar surface area (TPSA) is 127 Å². The van der Waals surface area contributed by atoms with Crippen LogP contribution in [0.4, 0.5) is 11.4 Å². The molecule has 0 fully saturated rings. The summed E-state index contributed by atoms with van der Waals surface area (Å²) < 4.78 is 32.5. The molecule has 0 unspecified atom stereocenters. The van der Waals surface area contributed by atoms with Gasteiger partial charge in [-0.05, 0) is 13.0 Å². The van der Waals surface area contributed by atoms with Crippen LogP contribution in [-0.2, 0) is 10.1 Å². The van der Waals surface area contributed by atoms with Crippen LogP contribution in [0.5, 0.6) is 0 Å². The summed E-state index contributed by atoms with van der Waals surface area (Å²) in [6.45, 7) is 2.13. The molecule has 25 heavy (non-hydrogen) atoms. The summed E-state index contributed by atoms with van der Waals surface area (Å²) in [5, 5.41) is 2.85. The van der Waals surface area contributed by atoms with E-state index < -0.39 is 32.3 Å². The quantitative estimate of drug-likeness (QED) is 0.361. The van der Waals surface area contributed by atoms with Gasteiger partial charge >= 0.3 is 0 Å². The standard InChI is InChI=1S/C16H14N2O5S.Na/c1-2-18-10-7-11(24(21,22)23)14(17)13-12(10)15(19)8-5-3-4-6-9(8)16(13)20;/h3-7,18H,2,17H2,1H3,(H,21,22,23);. The number of nitrogens with one attached hydrogen (secondary N) is 1. The first-order valence-corrected chi connectivity index (χ1v) is 8.57. The second kappa shape index (κ2) is 6.89. The van der Waals surface area contributed by atoms with Crippen LogP contribution in [0.1, 0.15) is 38.8 Å². The number of fused-ring (bicyclic) bond motifs is 2. The molecule has 2 aromatic rings. The van der Waals surface area contributed by atoms with Crippen molar-refractivity contribution in [2.45, 2.75) is 11.8 Å².